The van der Waals surface area contributed by atoms with Crippen LogP contribution >= 0.6 is 0 Å². The molecule has 0 radical (unpaired) electrons. The highest BCUT2D eigenvalue weighted by molar-refractivity contribution is 7.90. The first-order valence-electron chi connectivity index (χ1n) is 5.54. The van der Waals surface area contributed by atoms with Crippen LogP contribution in [0, 0.1) is 6.92 Å². The minimum absolute atomic E-state index is 0.00847. The molecule has 1 aromatic rings. The Morgan fingerprint density at radius 1 is 1.39 bits per heavy atom. The van der Waals surface area contributed by atoms with E-state index in [9.17, 15) is 13.2 Å². The molecule has 0 saturated carbocycles. The SMILES string of the molecule is CCCNC(=O)NS(=O)(=O)c1cccc(N)c1C. The third-order valence-corrected chi connectivity index (χ3v) is 3.85. The van der Waals surface area contributed by atoms with Gasteiger partial charge in [-0.3, -0.25) is 0 Å². The average molecular weight is 271 g/mol. The molecule has 0 saturated heterocycles. The van der Waals surface area contributed by atoms with Gasteiger partial charge < -0.3 is 11.1 Å². The van der Waals surface area contributed by atoms with Crippen molar-refractivity contribution in [2.24, 2.45) is 0 Å². The predicted octanol–water partition coefficient (Wildman–Crippen LogP) is 0.975. The van der Waals surface area contributed by atoms with Crippen molar-refractivity contribution in [3.05, 3.63) is 23.8 Å². The highest BCUT2D eigenvalue weighted by Gasteiger charge is 2.20. The third-order valence-electron chi connectivity index (χ3n) is 2.38. The lowest BCUT2D eigenvalue weighted by Gasteiger charge is -2.11. The summed E-state index contributed by atoms with van der Waals surface area (Å²) in [5.74, 6) is 0. The summed E-state index contributed by atoms with van der Waals surface area (Å²) in [6.07, 6.45) is 0.727. The fourth-order valence-electron chi connectivity index (χ4n) is 1.37. The molecular formula is C11H17N3O3S. The molecular weight excluding hydrogens is 254 g/mol. The van der Waals surface area contributed by atoms with E-state index in [1.165, 1.54) is 12.1 Å². The first-order chi connectivity index (χ1) is 8.38. The van der Waals surface area contributed by atoms with Crippen LogP contribution in [0.1, 0.15) is 18.9 Å². The number of nitrogen functional groups attached to an aromatic ring is 1. The van der Waals surface area contributed by atoms with Gasteiger partial charge in [0.25, 0.3) is 10.0 Å². The van der Waals surface area contributed by atoms with Crippen molar-refractivity contribution in [1.29, 1.82) is 0 Å². The van der Waals surface area contributed by atoms with Gasteiger partial charge in [-0.05, 0) is 31.0 Å². The molecule has 0 bridgehead atoms. The first kappa shape index (κ1) is 14.3. The second-order valence-corrected chi connectivity index (χ2v) is 5.48. The Hall–Kier alpha value is -1.76. The van der Waals surface area contributed by atoms with Crippen molar-refractivity contribution >= 4 is 21.7 Å². The van der Waals surface area contributed by atoms with Gasteiger partial charge in [0, 0.05) is 12.2 Å². The van der Waals surface area contributed by atoms with Crippen molar-refractivity contribution in [1.82, 2.24) is 10.0 Å². The summed E-state index contributed by atoms with van der Waals surface area (Å²) in [5, 5.41) is 2.43. The van der Waals surface area contributed by atoms with Gasteiger partial charge >= 0.3 is 6.03 Å². The van der Waals surface area contributed by atoms with Crippen LogP contribution in [0.5, 0.6) is 0 Å². The fourth-order valence-corrected chi connectivity index (χ4v) is 2.58. The summed E-state index contributed by atoms with van der Waals surface area (Å²) >= 11 is 0. The number of sulfonamides is 1. The summed E-state index contributed by atoms with van der Waals surface area (Å²) in [6.45, 7) is 3.88. The lowest BCUT2D eigenvalue weighted by molar-refractivity contribution is 0.246. The van der Waals surface area contributed by atoms with E-state index in [-0.39, 0.29) is 4.90 Å². The number of anilines is 1. The zero-order valence-electron chi connectivity index (χ0n) is 10.4. The van der Waals surface area contributed by atoms with Crippen molar-refractivity contribution < 1.29 is 13.2 Å². The van der Waals surface area contributed by atoms with Crippen LogP contribution in [0.25, 0.3) is 0 Å². The molecule has 4 N–H and O–H groups in total. The van der Waals surface area contributed by atoms with Crippen molar-refractivity contribution in [3.8, 4) is 0 Å². The maximum absolute atomic E-state index is 12.0. The molecule has 7 heteroatoms. The van der Waals surface area contributed by atoms with Gasteiger partial charge in [0.2, 0.25) is 0 Å². The van der Waals surface area contributed by atoms with E-state index in [2.05, 4.69) is 5.32 Å². The van der Waals surface area contributed by atoms with E-state index in [1.54, 1.807) is 13.0 Å². The van der Waals surface area contributed by atoms with Crippen LogP contribution in [0.4, 0.5) is 10.5 Å². The summed E-state index contributed by atoms with van der Waals surface area (Å²) in [7, 11) is -3.89. The van der Waals surface area contributed by atoms with Crippen LogP contribution in [-0.2, 0) is 10.0 Å². The second kappa shape index (κ2) is 5.72. The van der Waals surface area contributed by atoms with Gasteiger partial charge in [0.15, 0.2) is 0 Å². The highest BCUT2D eigenvalue weighted by atomic mass is 32.2. The minimum atomic E-state index is -3.89. The molecule has 0 spiro atoms. The van der Waals surface area contributed by atoms with Gasteiger partial charge in [-0.1, -0.05) is 13.0 Å². The van der Waals surface area contributed by atoms with E-state index in [4.69, 9.17) is 5.73 Å². The van der Waals surface area contributed by atoms with Gasteiger partial charge in [0.05, 0.1) is 4.90 Å². The number of nitrogens with two attached hydrogens (primary N) is 1. The molecule has 1 aromatic carbocycles. The number of rotatable bonds is 4. The standard InChI is InChI=1S/C11H17N3O3S/c1-3-7-13-11(15)14-18(16,17)10-6-4-5-9(12)8(10)2/h4-6H,3,7,12H2,1-2H3,(H2,13,14,15). The monoisotopic (exact) mass is 271 g/mol. The molecule has 6 nitrogen and oxygen atoms in total. The summed E-state index contributed by atoms with van der Waals surface area (Å²) in [6, 6.07) is 3.80. The molecule has 1 rings (SSSR count). The molecule has 0 atom stereocenters. The number of benzene rings is 1. The topological polar surface area (TPSA) is 101 Å². The number of carbonyl (C=O) groups excluding carboxylic acids is 1. The Bertz CT molecular complexity index is 540. The Balaban J connectivity index is 2.93. The van der Waals surface area contributed by atoms with Crippen molar-refractivity contribution in [2.75, 3.05) is 12.3 Å². The molecule has 100 valence electrons. The van der Waals surface area contributed by atoms with E-state index in [0.717, 1.165) is 6.42 Å². The number of urea groups is 1. The van der Waals surface area contributed by atoms with Gasteiger partial charge in [-0.2, -0.15) is 0 Å². The smallest absolute Gasteiger partial charge is 0.328 e. The minimum Gasteiger partial charge on any atom is -0.398 e. The highest BCUT2D eigenvalue weighted by Crippen LogP contribution is 2.19. The van der Waals surface area contributed by atoms with Gasteiger partial charge in [-0.25, -0.2) is 17.9 Å². The van der Waals surface area contributed by atoms with Gasteiger partial charge in [0.1, 0.15) is 0 Å². The lowest BCUT2D eigenvalue weighted by Crippen LogP contribution is -2.39. The number of carbonyl (C=O) groups is 1. The Morgan fingerprint density at radius 3 is 2.67 bits per heavy atom. The van der Waals surface area contributed by atoms with Crippen LogP contribution in [0.2, 0.25) is 0 Å². The second-order valence-electron chi connectivity index (χ2n) is 3.83. The van der Waals surface area contributed by atoms with E-state index < -0.39 is 16.1 Å². The predicted molar refractivity (Wildman–Crippen MR) is 69.6 cm³/mol. The normalized spacial score (nSPS) is 11.0. The van der Waals surface area contributed by atoms with Crippen LogP contribution in [0.3, 0.4) is 0 Å². The zero-order valence-corrected chi connectivity index (χ0v) is 11.2. The fraction of sp³-hybridized carbons (Fsp3) is 0.364. The summed E-state index contributed by atoms with van der Waals surface area (Å²) in [4.78, 5) is 11.4. The van der Waals surface area contributed by atoms with Gasteiger partial charge in [-0.15, -0.1) is 0 Å². The zero-order chi connectivity index (χ0) is 13.8. The van der Waals surface area contributed by atoms with Crippen LogP contribution in [-0.4, -0.2) is 21.0 Å². The number of hydrogen-bond donors (Lipinski definition) is 3. The summed E-state index contributed by atoms with van der Waals surface area (Å²) in [5.41, 5.74) is 6.43. The number of amides is 2. The average Bonchev–Trinajstić information content (AvgIpc) is 2.29. The Kier molecular flexibility index (Phi) is 4.55. The van der Waals surface area contributed by atoms with Crippen molar-refractivity contribution in [3.63, 3.8) is 0 Å². The number of nitrogens with one attached hydrogen (secondary N) is 2. The van der Waals surface area contributed by atoms with E-state index in [1.807, 2.05) is 11.6 Å². The largest absolute Gasteiger partial charge is 0.398 e. The molecule has 0 fully saturated rings. The lowest BCUT2D eigenvalue weighted by atomic mass is 10.2. The molecule has 18 heavy (non-hydrogen) atoms. The maximum Gasteiger partial charge on any atom is 0.328 e. The molecule has 0 aliphatic rings. The molecule has 0 aromatic heterocycles. The first-order valence-corrected chi connectivity index (χ1v) is 7.02. The molecule has 2 amide bonds. The van der Waals surface area contributed by atoms with E-state index in [0.29, 0.717) is 17.8 Å². The van der Waals surface area contributed by atoms with Crippen LogP contribution < -0.4 is 15.8 Å². The summed E-state index contributed by atoms with van der Waals surface area (Å²) < 4.78 is 25.8. The molecule has 0 aliphatic heterocycles. The molecule has 0 unspecified atom stereocenters. The Labute approximate surface area is 107 Å². The van der Waals surface area contributed by atoms with Crippen molar-refractivity contribution in [2.45, 2.75) is 25.2 Å². The van der Waals surface area contributed by atoms with E-state index >= 15 is 0 Å². The third kappa shape index (κ3) is 3.36. The quantitative estimate of drug-likeness (QED) is 0.710. The van der Waals surface area contributed by atoms with Crippen LogP contribution in [0.15, 0.2) is 23.1 Å². The maximum atomic E-state index is 12.0. The number of hydrogen-bond acceptors (Lipinski definition) is 4. The Morgan fingerprint density at radius 2 is 2.06 bits per heavy atom. The molecule has 0 heterocycles. The molecule has 0 aliphatic carbocycles.